The van der Waals surface area contributed by atoms with E-state index in [0.717, 1.165) is 5.92 Å². The molecule has 0 spiro atoms. The molecule has 0 aromatic rings. The molecule has 0 heterocycles. The Kier molecular flexibility index (Phi) is 1.55. The quantitative estimate of drug-likeness (QED) is 0.601. The van der Waals surface area contributed by atoms with Gasteiger partial charge in [0.15, 0.2) is 0 Å². The largest absolute Gasteiger partial charge is 0.327 e. The van der Waals surface area contributed by atoms with Crippen molar-refractivity contribution in [1.82, 2.24) is 0 Å². The number of hydrogen-bond acceptors (Lipinski definition) is 1. The molecule has 54 valence electrons. The van der Waals surface area contributed by atoms with Gasteiger partial charge >= 0.3 is 0 Å². The molecule has 1 fully saturated rings. The summed E-state index contributed by atoms with van der Waals surface area (Å²) in [6, 6.07) is 0.514. The van der Waals surface area contributed by atoms with Crippen molar-refractivity contribution in [2.45, 2.75) is 39.7 Å². The molecule has 1 rings (SSSR count). The molecule has 0 amide bonds. The number of rotatable bonds is 2. The topological polar surface area (TPSA) is 26.0 Å². The Balaban J connectivity index is 2.41. The van der Waals surface area contributed by atoms with Gasteiger partial charge in [0.1, 0.15) is 0 Å². The SMILES string of the molecule is CCC(C)(C)C1CC1N. The summed E-state index contributed by atoms with van der Waals surface area (Å²) >= 11 is 0. The lowest BCUT2D eigenvalue weighted by atomic mass is 9.84. The zero-order valence-electron chi connectivity index (χ0n) is 6.65. The van der Waals surface area contributed by atoms with Crippen LogP contribution in [-0.2, 0) is 0 Å². The van der Waals surface area contributed by atoms with Crippen molar-refractivity contribution in [3.63, 3.8) is 0 Å². The summed E-state index contributed by atoms with van der Waals surface area (Å²) in [6.07, 6.45) is 2.51. The van der Waals surface area contributed by atoms with Crippen molar-refractivity contribution < 1.29 is 0 Å². The van der Waals surface area contributed by atoms with Crippen LogP contribution in [0.3, 0.4) is 0 Å². The summed E-state index contributed by atoms with van der Waals surface area (Å²) in [5, 5.41) is 0. The molecular formula is C8H17N. The zero-order valence-corrected chi connectivity index (χ0v) is 6.65. The Bertz CT molecular complexity index is 107. The van der Waals surface area contributed by atoms with Crippen LogP contribution in [0.1, 0.15) is 33.6 Å². The van der Waals surface area contributed by atoms with E-state index in [9.17, 15) is 0 Å². The van der Waals surface area contributed by atoms with Crippen LogP contribution < -0.4 is 5.73 Å². The number of nitrogens with two attached hydrogens (primary N) is 1. The molecule has 2 N–H and O–H groups in total. The highest BCUT2D eigenvalue weighted by Crippen LogP contribution is 2.45. The molecule has 1 aliphatic rings. The van der Waals surface area contributed by atoms with Crippen molar-refractivity contribution in [2.24, 2.45) is 17.1 Å². The molecule has 1 aliphatic carbocycles. The molecular weight excluding hydrogens is 110 g/mol. The maximum absolute atomic E-state index is 5.73. The molecule has 1 heteroatoms. The fourth-order valence-corrected chi connectivity index (χ4v) is 1.38. The highest BCUT2D eigenvalue weighted by molar-refractivity contribution is 4.98. The average Bonchev–Trinajstić information content (AvgIpc) is 2.47. The molecule has 0 saturated heterocycles. The Morgan fingerprint density at radius 1 is 1.56 bits per heavy atom. The minimum Gasteiger partial charge on any atom is -0.327 e. The van der Waals surface area contributed by atoms with Gasteiger partial charge in [0.25, 0.3) is 0 Å². The van der Waals surface area contributed by atoms with Gasteiger partial charge in [-0.2, -0.15) is 0 Å². The van der Waals surface area contributed by atoms with Gasteiger partial charge in [-0.15, -0.1) is 0 Å². The molecule has 1 nitrogen and oxygen atoms in total. The molecule has 0 aliphatic heterocycles. The Hall–Kier alpha value is -0.0400. The normalized spacial score (nSPS) is 34.7. The Morgan fingerprint density at radius 3 is 2.11 bits per heavy atom. The maximum Gasteiger partial charge on any atom is 0.00762 e. The van der Waals surface area contributed by atoms with Gasteiger partial charge in [0.2, 0.25) is 0 Å². The standard InChI is InChI=1S/C8H17N/c1-4-8(2,3)6-5-7(6)9/h6-7H,4-5,9H2,1-3H3. The first-order valence-corrected chi connectivity index (χ1v) is 3.83. The highest BCUT2D eigenvalue weighted by atomic mass is 14.8. The first kappa shape index (κ1) is 7.07. The van der Waals surface area contributed by atoms with Crippen molar-refractivity contribution in [1.29, 1.82) is 0 Å². The van der Waals surface area contributed by atoms with E-state index in [1.165, 1.54) is 12.8 Å². The fraction of sp³-hybridized carbons (Fsp3) is 1.00. The van der Waals surface area contributed by atoms with Crippen LogP contribution in [-0.4, -0.2) is 6.04 Å². The summed E-state index contributed by atoms with van der Waals surface area (Å²) in [6.45, 7) is 6.86. The second-order valence-corrected chi connectivity index (χ2v) is 3.85. The van der Waals surface area contributed by atoms with E-state index in [-0.39, 0.29) is 0 Å². The van der Waals surface area contributed by atoms with Crippen molar-refractivity contribution in [3.8, 4) is 0 Å². The minimum atomic E-state index is 0.499. The van der Waals surface area contributed by atoms with Gasteiger partial charge < -0.3 is 5.73 Å². The van der Waals surface area contributed by atoms with Crippen LogP contribution in [0.4, 0.5) is 0 Å². The first-order valence-electron chi connectivity index (χ1n) is 3.83. The molecule has 0 aromatic carbocycles. The first-order chi connectivity index (χ1) is 4.08. The molecule has 9 heavy (non-hydrogen) atoms. The van der Waals surface area contributed by atoms with Crippen molar-refractivity contribution >= 4 is 0 Å². The van der Waals surface area contributed by atoms with Crippen LogP contribution in [0.2, 0.25) is 0 Å². The van der Waals surface area contributed by atoms with Crippen LogP contribution in [0.15, 0.2) is 0 Å². The monoisotopic (exact) mass is 127 g/mol. The second-order valence-electron chi connectivity index (χ2n) is 3.85. The third-order valence-electron chi connectivity index (χ3n) is 2.75. The summed E-state index contributed by atoms with van der Waals surface area (Å²) in [5.74, 6) is 0.808. The van der Waals surface area contributed by atoms with Crippen LogP contribution in [0, 0.1) is 11.3 Å². The lowest BCUT2D eigenvalue weighted by Crippen LogP contribution is -2.18. The molecule has 0 radical (unpaired) electrons. The van der Waals surface area contributed by atoms with E-state index >= 15 is 0 Å². The molecule has 2 unspecified atom stereocenters. The van der Waals surface area contributed by atoms with Crippen molar-refractivity contribution in [2.75, 3.05) is 0 Å². The molecule has 0 bridgehead atoms. The lowest BCUT2D eigenvalue weighted by molar-refractivity contribution is 0.291. The van der Waals surface area contributed by atoms with E-state index in [0.29, 0.717) is 11.5 Å². The Labute approximate surface area is 57.6 Å². The maximum atomic E-state index is 5.73. The predicted molar refractivity (Wildman–Crippen MR) is 40.2 cm³/mol. The lowest BCUT2D eigenvalue weighted by Gasteiger charge is -2.21. The zero-order chi connectivity index (χ0) is 7.07. The van der Waals surface area contributed by atoms with Gasteiger partial charge in [0.05, 0.1) is 0 Å². The molecule has 2 atom stereocenters. The summed E-state index contributed by atoms with van der Waals surface area (Å²) in [5.41, 5.74) is 6.23. The average molecular weight is 127 g/mol. The second kappa shape index (κ2) is 1.98. The predicted octanol–water partition coefficient (Wildman–Crippen LogP) is 1.77. The Morgan fingerprint density at radius 2 is 2.00 bits per heavy atom. The minimum absolute atomic E-state index is 0.499. The van der Waals surface area contributed by atoms with Crippen LogP contribution in [0.25, 0.3) is 0 Å². The summed E-state index contributed by atoms with van der Waals surface area (Å²) in [7, 11) is 0. The third-order valence-corrected chi connectivity index (χ3v) is 2.75. The number of hydrogen-bond donors (Lipinski definition) is 1. The summed E-state index contributed by atoms with van der Waals surface area (Å²) in [4.78, 5) is 0. The van der Waals surface area contributed by atoms with E-state index in [1.807, 2.05) is 0 Å². The summed E-state index contributed by atoms with van der Waals surface area (Å²) < 4.78 is 0. The highest BCUT2D eigenvalue weighted by Gasteiger charge is 2.43. The van der Waals surface area contributed by atoms with Gasteiger partial charge in [0, 0.05) is 6.04 Å². The third kappa shape index (κ3) is 1.26. The van der Waals surface area contributed by atoms with E-state index < -0.39 is 0 Å². The smallest absolute Gasteiger partial charge is 0.00762 e. The van der Waals surface area contributed by atoms with Crippen LogP contribution >= 0.6 is 0 Å². The van der Waals surface area contributed by atoms with E-state index in [4.69, 9.17) is 5.73 Å². The van der Waals surface area contributed by atoms with Crippen molar-refractivity contribution in [3.05, 3.63) is 0 Å². The molecule has 0 aromatic heterocycles. The fourth-order valence-electron chi connectivity index (χ4n) is 1.38. The molecule has 1 saturated carbocycles. The van der Waals surface area contributed by atoms with Gasteiger partial charge in [-0.3, -0.25) is 0 Å². The van der Waals surface area contributed by atoms with Gasteiger partial charge in [-0.05, 0) is 17.8 Å². The van der Waals surface area contributed by atoms with Gasteiger partial charge in [-0.25, -0.2) is 0 Å². The van der Waals surface area contributed by atoms with Gasteiger partial charge in [-0.1, -0.05) is 27.2 Å². The van der Waals surface area contributed by atoms with Crippen LogP contribution in [0.5, 0.6) is 0 Å². The van der Waals surface area contributed by atoms with E-state index in [2.05, 4.69) is 20.8 Å². The van der Waals surface area contributed by atoms with E-state index in [1.54, 1.807) is 0 Å².